The molecule has 1 saturated carbocycles. The largest absolute Gasteiger partial charge is 0.385 e. The van der Waals surface area contributed by atoms with Crippen LogP contribution < -0.4 is 10.5 Å². The van der Waals surface area contributed by atoms with E-state index in [-0.39, 0.29) is 26.4 Å². The van der Waals surface area contributed by atoms with Gasteiger partial charge >= 0.3 is 5.69 Å². The van der Waals surface area contributed by atoms with Crippen molar-refractivity contribution < 1.29 is 13.3 Å². The quantitative estimate of drug-likeness (QED) is 0.648. The number of hydrogen-bond acceptors (Lipinski definition) is 6. The minimum absolute atomic E-state index is 0.0925. The Morgan fingerprint density at radius 2 is 2.00 bits per heavy atom. The summed E-state index contributed by atoms with van der Waals surface area (Å²) in [6.45, 7) is 4.34. The van der Waals surface area contributed by atoms with Gasteiger partial charge < -0.3 is 5.73 Å². The minimum Gasteiger partial charge on any atom is -0.385 e. The zero-order chi connectivity index (χ0) is 15.8. The van der Waals surface area contributed by atoms with Gasteiger partial charge in [-0.15, -0.1) is 0 Å². The van der Waals surface area contributed by atoms with Crippen molar-refractivity contribution in [3.8, 4) is 0 Å². The van der Waals surface area contributed by atoms with Crippen molar-refractivity contribution in [1.82, 2.24) is 4.72 Å². The van der Waals surface area contributed by atoms with Gasteiger partial charge in [0.1, 0.15) is 4.21 Å². The third-order valence-corrected chi connectivity index (χ3v) is 6.79. The summed E-state index contributed by atoms with van der Waals surface area (Å²) in [5.41, 5.74) is 5.38. The van der Waals surface area contributed by atoms with Gasteiger partial charge in [-0.2, -0.15) is 0 Å². The van der Waals surface area contributed by atoms with Crippen LogP contribution in [0.15, 0.2) is 10.3 Å². The Morgan fingerprint density at radius 3 is 2.48 bits per heavy atom. The van der Waals surface area contributed by atoms with E-state index in [0.717, 1.165) is 43.1 Å². The summed E-state index contributed by atoms with van der Waals surface area (Å²) in [6, 6.07) is 0.903. The van der Waals surface area contributed by atoms with Crippen LogP contribution in [0, 0.1) is 15.5 Å². The van der Waals surface area contributed by atoms with Gasteiger partial charge in [0, 0.05) is 12.1 Å². The number of hydrogen-bond donors (Lipinski definition) is 2. The van der Waals surface area contributed by atoms with Crippen LogP contribution in [-0.4, -0.2) is 19.4 Å². The molecule has 0 radical (unpaired) electrons. The second-order valence-electron chi connectivity index (χ2n) is 6.13. The highest BCUT2D eigenvalue weighted by Crippen LogP contribution is 2.37. The molecule has 2 rings (SSSR count). The number of nitrogens with one attached hydrogen (secondary N) is 1. The van der Waals surface area contributed by atoms with E-state index in [1.165, 1.54) is 0 Å². The molecule has 9 heteroatoms. The number of sulfonamides is 1. The molecule has 3 N–H and O–H groups in total. The zero-order valence-corrected chi connectivity index (χ0v) is 13.6. The van der Waals surface area contributed by atoms with Crippen molar-refractivity contribution in [3.63, 3.8) is 0 Å². The van der Waals surface area contributed by atoms with Crippen LogP contribution in [0.1, 0.15) is 39.5 Å². The molecule has 0 aliphatic heterocycles. The van der Waals surface area contributed by atoms with Crippen molar-refractivity contribution >= 4 is 32.0 Å². The smallest absolute Gasteiger partial charge is 0.304 e. The lowest BCUT2D eigenvalue weighted by Crippen LogP contribution is -2.38. The first-order chi connectivity index (χ1) is 9.61. The van der Waals surface area contributed by atoms with E-state index in [4.69, 9.17) is 5.73 Å². The van der Waals surface area contributed by atoms with Crippen LogP contribution in [0.3, 0.4) is 0 Å². The Kier molecular flexibility index (Phi) is 4.27. The maximum absolute atomic E-state index is 12.3. The highest BCUT2D eigenvalue weighted by Gasteiger charge is 2.31. The molecule has 1 aromatic heterocycles. The second-order valence-corrected chi connectivity index (χ2v) is 9.16. The van der Waals surface area contributed by atoms with Crippen LogP contribution in [0.4, 0.5) is 10.7 Å². The summed E-state index contributed by atoms with van der Waals surface area (Å²) in [4.78, 5) is 10.1. The summed E-state index contributed by atoms with van der Waals surface area (Å²) in [6.07, 6.45) is 3.45. The molecule has 0 unspecified atom stereocenters. The first kappa shape index (κ1) is 16.2. The highest BCUT2D eigenvalue weighted by atomic mass is 32.2. The van der Waals surface area contributed by atoms with E-state index in [9.17, 15) is 18.5 Å². The van der Waals surface area contributed by atoms with E-state index >= 15 is 0 Å². The monoisotopic (exact) mass is 333 g/mol. The van der Waals surface area contributed by atoms with Crippen LogP contribution in [0.25, 0.3) is 0 Å². The maximum atomic E-state index is 12.3. The van der Waals surface area contributed by atoms with Crippen molar-refractivity contribution in [2.24, 2.45) is 5.41 Å². The molecule has 118 valence electrons. The Labute approximate surface area is 127 Å². The first-order valence-electron chi connectivity index (χ1n) is 6.67. The Balaban J connectivity index is 2.12. The van der Waals surface area contributed by atoms with Gasteiger partial charge in [-0.1, -0.05) is 25.2 Å². The van der Waals surface area contributed by atoms with E-state index in [1.54, 1.807) is 0 Å². The number of nitro groups is 1. The fraction of sp³-hybridized carbons (Fsp3) is 0.667. The molecule has 0 amide bonds. The number of nitrogens with two attached hydrogens (primary N) is 1. The van der Waals surface area contributed by atoms with E-state index < -0.39 is 14.9 Å². The van der Waals surface area contributed by atoms with Gasteiger partial charge in [0.15, 0.2) is 5.00 Å². The first-order valence-corrected chi connectivity index (χ1v) is 8.97. The molecule has 0 spiro atoms. The zero-order valence-electron chi connectivity index (χ0n) is 12.0. The SMILES string of the molecule is CC1(C)CCC(NS(=O)(=O)c2cc([N+](=O)[O-])c(N)s2)CC1. The molecule has 0 saturated heterocycles. The maximum Gasteiger partial charge on any atom is 0.304 e. The molecule has 7 nitrogen and oxygen atoms in total. The topological polar surface area (TPSA) is 115 Å². The summed E-state index contributed by atoms with van der Waals surface area (Å²) >= 11 is 0.724. The van der Waals surface area contributed by atoms with Gasteiger partial charge in [-0.3, -0.25) is 10.1 Å². The fourth-order valence-corrected chi connectivity index (χ4v) is 4.98. The number of rotatable bonds is 4. The molecular formula is C12H19N3O4S2. The third-order valence-electron chi connectivity index (χ3n) is 3.84. The third kappa shape index (κ3) is 3.72. The van der Waals surface area contributed by atoms with Crippen molar-refractivity contribution in [3.05, 3.63) is 16.2 Å². The number of thiophene rings is 1. The number of nitrogen functional groups attached to an aromatic ring is 1. The molecule has 1 aromatic rings. The van der Waals surface area contributed by atoms with Gasteiger partial charge in [-0.05, 0) is 31.1 Å². The van der Waals surface area contributed by atoms with Crippen molar-refractivity contribution in [2.45, 2.75) is 49.8 Å². The standard InChI is InChI=1S/C12H19N3O4S2/c1-12(2)5-3-8(4-6-12)14-21(18,19)10-7-9(15(16)17)11(13)20-10/h7-8,14H,3-6,13H2,1-2H3. The Hall–Kier alpha value is -1.19. The van der Waals surface area contributed by atoms with E-state index in [2.05, 4.69) is 18.6 Å². The van der Waals surface area contributed by atoms with Crippen LogP contribution in [-0.2, 0) is 10.0 Å². The van der Waals surface area contributed by atoms with Gasteiger partial charge in [0.25, 0.3) is 10.0 Å². The molecule has 21 heavy (non-hydrogen) atoms. The molecule has 1 aliphatic rings. The Morgan fingerprint density at radius 1 is 1.43 bits per heavy atom. The summed E-state index contributed by atoms with van der Waals surface area (Å²) in [5, 5.41) is 10.6. The summed E-state index contributed by atoms with van der Waals surface area (Å²) < 4.78 is 27.1. The molecule has 0 aromatic carbocycles. The lowest BCUT2D eigenvalue weighted by molar-refractivity contribution is -0.383. The minimum atomic E-state index is -3.75. The van der Waals surface area contributed by atoms with Crippen LogP contribution in [0.2, 0.25) is 0 Å². The average Bonchev–Trinajstić information content (AvgIpc) is 2.75. The molecule has 1 fully saturated rings. The van der Waals surface area contributed by atoms with Gasteiger partial charge in [0.2, 0.25) is 0 Å². The predicted octanol–water partition coefficient (Wildman–Crippen LogP) is 2.49. The van der Waals surface area contributed by atoms with E-state index in [1.807, 2.05) is 0 Å². The molecule has 0 atom stereocenters. The Bertz CT molecular complexity index is 641. The lowest BCUT2D eigenvalue weighted by Gasteiger charge is -2.34. The average molecular weight is 333 g/mol. The van der Waals surface area contributed by atoms with Gasteiger partial charge in [-0.25, -0.2) is 13.1 Å². The van der Waals surface area contributed by atoms with Crippen molar-refractivity contribution in [1.29, 1.82) is 0 Å². The van der Waals surface area contributed by atoms with Crippen molar-refractivity contribution in [2.75, 3.05) is 5.73 Å². The molecular weight excluding hydrogens is 314 g/mol. The normalized spacial score (nSPS) is 19.5. The summed E-state index contributed by atoms with van der Waals surface area (Å²) in [7, 11) is -3.75. The fourth-order valence-electron chi connectivity index (χ4n) is 2.44. The summed E-state index contributed by atoms with van der Waals surface area (Å²) in [5.74, 6) is 0. The predicted molar refractivity (Wildman–Crippen MR) is 81.7 cm³/mol. The van der Waals surface area contributed by atoms with E-state index in [0.29, 0.717) is 0 Å². The van der Waals surface area contributed by atoms with Gasteiger partial charge in [0.05, 0.1) is 4.92 Å². The van der Waals surface area contributed by atoms with Crippen LogP contribution in [0.5, 0.6) is 0 Å². The number of anilines is 1. The molecule has 0 bridgehead atoms. The second kappa shape index (κ2) is 5.54. The number of nitrogens with zero attached hydrogens (tertiary/aromatic N) is 1. The van der Waals surface area contributed by atoms with Crippen LogP contribution >= 0.6 is 11.3 Å². The molecule has 1 heterocycles. The molecule has 1 aliphatic carbocycles. The lowest BCUT2D eigenvalue weighted by atomic mass is 9.76. The highest BCUT2D eigenvalue weighted by molar-refractivity contribution is 7.91.